The first-order valence-corrected chi connectivity index (χ1v) is 12.5. The summed E-state index contributed by atoms with van der Waals surface area (Å²) in [5.41, 5.74) is 0. The molecule has 1 aromatic heterocycles. The molecule has 2 aliphatic rings. The van der Waals surface area contributed by atoms with Gasteiger partial charge in [-0.05, 0) is 78.4 Å². The van der Waals surface area contributed by atoms with Gasteiger partial charge in [-0.15, -0.1) is 11.3 Å². The third-order valence-electron chi connectivity index (χ3n) is 5.67. The van der Waals surface area contributed by atoms with Crippen LogP contribution in [0.25, 0.3) is 0 Å². The van der Waals surface area contributed by atoms with Crippen LogP contribution in [-0.4, -0.2) is 38.9 Å². The predicted octanol–water partition coefficient (Wildman–Crippen LogP) is 3.85. The molecule has 1 aliphatic carbocycles. The molecule has 1 saturated carbocycles. The van der Waals surface area contributed by atoms with Crippen molar-refractivity contribution in [1.82, 2.24) is 9.62 Å². The average Bonchev–Trinajstić information content (AvgIpc) is 3.08. The molecule has 1 N–H and O–H groups in total. The highest BCUT2D eigenvalue weighted by Gasteiger charge is 2.31. The van der Waals surface area contributed by atoms with E-state index in [1.807, 2.05) is 4.90 Å². The molecule has 1 aliphatic heterocycles. The minimum absolute atomic E-state index is 0.129. The summed E-state index contributed by atoms with van der Waals surface area (Å²) in [6.45, 7) is 4.51. The van der Waals surface area contributed by atoms with Gasteiger partial charge in [0.25, 0.3) is 0 Å². The molecule has 146 valence electrons. The number of carbonyl (C=O) groups is 1. The van der Waals surface area contributed by atoms with Crippen LogP contribution < -0.4 is 4.72 Å². The highest BCUT2D eigenvalue weighted by Crippen LogP contribution is 2.31. The molecular formula is C18H27BrN2O3S2. The highest BCUT2D eigenvalue weighted by atomic mass is 79.9. The fourth-order valence-corrected chi connectivity index (χ4v) is 7.01. The van der Waals surface area contributed by atoms with E-state index in [1.165, 1.54) is 11.3 Å². The summed E-state index contributed by atoms with van der Waals surface area (Å²) in [6.07, 6.45) is 5.81. The standard InChI is InChI=1S/C18H27BrN2O3S2/c1-13-8-10-21(11-9-13)18(22)15-4-2-14(3-5-15)12-20-26(23,24)17-7-6-16(19)25-17/h6-7,13-15,20H,2-5,8-12H2,1H3. The number of amides is 1. The van der Waals surface area contributed by atoms with Crippen molar-refractivity contribution < 1.29 is 13.2 Å². The fourth-order valence-electron chi connectivity index (χ4n) is 3.84. The maximum absolute atomic E-state index is 12.7. The van der Waals surface area contributed by atoms with Crippen LogP contribution in [0.15, 0.2) is 20.1 Å². The molecule has 2 heterocycles. The van der Waals surface area contributed by atoms with E-state index in [0.29, 0.717) is 22.6 Å². The van der Waals surface area contributed by atoms with Crippen LogP contribution >= 0.6 is 27.3 Å². The predicted molar refractivity (Wildman–Crippen MR) is 108 cm³/mol. The van der Waals surface area contributed by atoms with E-state index < -0.39 is 10.0 Å². The van der Waals surface area contributed by atoms with E-state index in [9.17, 15) is 13.2 Å². The van der Waals surface area contributed by atoms with E-state index in [-0.39, 0.29) is 5.92 Å². The van der Waals surface area contributed by atoms with Crippen LogP contribution in [0.5, 0.6) is 0 Å². The Bertz CT molecular complexity index is 719. The van der Waals surface area contributed by atoms with Crippen molar-refractivity contribution in [2.24, 2.45) is 17.8 Å². The molecule has 1 saturated heterocycles. The lowest BCUT2D eigenvalue weighted by Crippen LogP contribution is -2.42. The van der Waals surface area contributed by atoms with Crippen LogP contribution in [0.1, 0.15) is 45.4 Å². The summed E-state index contributed by atoms with van der Waals surface area (Å²) in [5, 5.41) is 0. The number of halogens is 1. The first-order valence-electron chi connectivity index (χ1n) is 9.39. The van der Waals surface area contributed by atoms with Crippen molar-refractivity contribution in [2.45, 2.75) is 49.7 Å². The lowest BCUT2D eigenvalue weighted by atomic mass is 9.81. The molecule has 0 bridgehead atoms. The van der Waals surface area contributed by atoms with E-state index in [1.54, 1.807) is 12.1 Å². The second-order valence-electron chi connectivity index (χ2n) is 7.64. The van der Waals surface area contributed by atoms with Gasteiger partial charge in [-0.25, -0.2) is 13.1 Å². The zero-order valence-electron chi connectivity index (χ0n) is 15.1. The molecule has 0 aromatic carbocycles. The summed E-state index contributed by atoms with van der Waals surface area (Å²) < 4.78 is 28.5. The molecule has 0 spiro atoms. The highest BCUT2D eigenvalue weighted by molar-refractivity contribution is 9.11. The normalized spacial score (nSPS) is 25.4. The molecular weight excluding hydrogens is 436 g/mol. The summed E-state index contributed by atoms with van der Waals surface area (Å²) in [5.74, 6) is 1.49. The molecule has 3 rings (SSSR count). The van der Waals surface area contributed by atoms with E-state index in [4.69, 9.17) is 0 Å². The number of carbonyl (C=O) groups excluding carboxylic acids is 1. The van der Waals surface area contributed by atoms with Crippen molar-refractivity contribution in [1.29, 1.82) is 0 Å². The third kappa shape index (κ3) is 5.09. The SMILES string of the molecule is CC1CCN(C(=O)C2CCC(CNS(=O)(=O)c3ccc(Br)s3)CC2)CC1. The van der Waals surface area contributed by atoms with E-state index in [2.05, 4.69) is 27.6 Å². The first kappa shape index (κ1) is 20.3. The Labute approximate surface area is 168 Å². The van der Waals surface area contributed by atoms with Gasteiger partial charge < -0.3 is 4.90 Å². The Balaban J connectivity index is 1.44. The number of rotatable bonds is 5. The van der Waals surface area contributed by atoms with Gasteiger partial charge in [0.2, 0.25) is 15.9 Å². The minimum Gasteiger partial charge on any atom is -0.342 e. The summed E-state index contributed by atoms with van der Waals surface area (Å²) >= 11 is 4.52. The Kier molecular flexibility index (Phi) is 6.80. The number of hydrogen-bond donors (Lipinski definition) is 1. The van der Waals surface area contributed by atoms with Crippen LogP contribution in [0, 0.1) is 17.8 Å². The summed E-state index contributed by atoms with van der Waals surface area (Å²) in [6, 6.07) is 3.36. The smallest absolute Gasteiger partial charge is 0.250 e. The molecule has 1 aromatic rings. The van der Waals surface area contributed by atoms with Gasteiger partial charge >= 0.3 is 0 Å². The number of likely N-dealkylation sites (tertiary alicyclic amines) is 1. The Morgan fingerprint density at radius 2 is 1.85 bits per heavy atom. The second-order valence-corrected chi connectivity index (χ2v) is 12.1. The molecule has 8 heteroatoms. The van der Waals surface area contributed by atoms with Gasteiger partial charge in [0.15, 0.2) is 0 Å². The fraction of sp³-hybridized carbons (Fsp3) is 0.722. The molecule has 0 radical (unpaired) electrons. The lowest BCUT2D eigenvalue weighted by molar-refractivity contribution is -0.138. The Hall–Kier alpha value is -0.440. The zero-order chi connectivity index (χ0) is 18.7. The van der Waals surface area contributed by atoms with Gasteiger partial charge in [0, 0.05) is 25.6 Å². The minimum atomic E-state index is -3.43. The number of sulfonamides is 1. The first-order chi connectivity index (χ1) is 12.3. The third-order valence-corrected chi connectivity index (χ3v) is 9.21. The summed E-state index contributed by atoms with van der Waals surface area (Å²) in [4.78, 5) is 14.7. The monoisotopic (exact) mass is 462 g/mol. The second kappa shape index (κ2) is 8.71. The number of nitrogens with zero attached hydrogens (tertiary/aromatic N) is 1. The maximum Gasteiger partial charge on any atom is 0.250 e. The molecule has 5 nitrogen and oxygen atoms in total. The van der Waals surface area contributed by atoms with Crippen LogP contribution in [0.4, 0.5) is 0 Å². The van der Waals surface area contributed by atoms with Crippen molar-refractivity contribution in [2.75, 3.05) is 19.6 Å². The van der Waals surface area contributed by atoms with Gasteiger partial charge in [0.1, 0.15) is 4.21 Å². The molecule has 0 unspecified atom stereocenters. The molecule has 2 fully saturated rings. The Morgan fingerprint density at radius 1 is 1.19 bits per heavy atom. The average molecular weight is 463 g/mol. The van der Waals surface area contributed by atoms with Crippen molar-refractivity contribution in [3.05, 3.63) is 15.9 Å². The summed E-state index contributed by atoms with van der Waals surface area (Å²) in [7, 11) is -3.43. The number of thiophene rings is 1. The van der Waals surface area contributed by atoms with Gasteiger partial charge in [0.05, 0.1) is 3.79 Å². The lowest BCUT2D eigenvalue weighted by Gasteiger charge is -2.35. The van der Waals surface area contributed by atoms with Crippen LogP contribution in [-0.2, 0) is 14.8 Å². The number of piperidine rings is 1. The van der Waals surface area contributed by atoms with E-state index in [0.717, 1.165) is 61.3 Å². The van der Waals surface area contributed by atoms with Gasteiger partial charge in [-0.1, -0.05) is 6.92 Å². The van der Waals surface area contributed by atoms with Crippen molar-refractivity contribution in [3.63, 3.8) is 0 Å². The largest absolute Gasteiger partial charge is 0.342 e. The number of nitrogens with one attached hydrogen (secondary N) is 1. The van der Waals surface area contributed by atoms with Gasteiger partial charge in [-0.2, -0.15) is 0 Å². The van der Waals surface area contributed by atoms with Crippen molar-refractivity contribution >= 4 is 43.2 Å². The van der Waals surface area contributed by atoms with E-state index >= 15 is 0 Å². The Morgan fingerprint density at radius 3 is 2.42 bits per heavy atom. The molecule has 1 amide bonds. The molecule has 26 heavy (non-hydrogen) atoms. The van der Waals surface area contributed by atoms with Crippen LogP contribution in [0.2, 0.25) is 0 Å². The number of hydrogen-bond acceptors (Lipinski definition) is 4. The van der Waals surface area contributed by atoms with Crippen molar-refractivity contribution in [3.8, 4) is 0 Å². The zero-order valence-corrected chi connectivity index (χ0v) is 18.3. The topological polar surface area (TPSA) is 66.5 Å². The van der Waals surface area contributed by atoms with Crippen LogP contribution in [0.3, 0.4) is 0 Å². The maximum atomic E-state index is 12.7. The molecule has 0 atom stereocenters. The van der Waals surface area contributed by atoms with Gasteiger partial charge in [-0.3, -0.25) is 4.79 Å². The quantitative estimate of drug-likeness (QED) is 0.722.